The molecule has 1 fully saturated rings. The second kappa shape index (κ2) is 8.18. The summed E-state index contributed by atoms with van der Waals surface area (Å²) in [5.41, 5.74) is 5.26. The molecule has 25 heavy (non-hydrogen) atoms. The highest BCUT2D eigenvalue weighted by atomic mass is 32.1. The Kier molecular flexibility index (Phi) is 7.01. The van der Waals surface area contributed by atoms with Crippen LogP contribution in [0, 0.1) is 0 Å². The second-order valence-electron chi connectivity index (χ2n) is 5.53. The number of carboxylic acids is 1. The number of thiocarbonyl (C=S) groups is 1. The van der Waals surface area contributed by atoms with E-state index in [1.165, 1.54) is 0 Å². The normalized spacial score (nSPS) is 34.6. The average Bonchev–Trinajstić information content (AvgIpc) is 2.51. The SMILES string of the molecule is CC(=O)N[C@H]1[C@H]([C@H](O)[C@H](O)CO)OC(O)(C(=O)O)C(NC(N)=S)[C@@H]1O. The zero-order valence-electron chi connectivity index (χ0n) is 13.1. The first-order chi connectivity index (χ1) is 11.5. The molecule has 1 rings (SSSR count). The highest BCUT2D eigenvalue weighted by Crippen LogP contribution is 2.31. The Labute approximate surface area is 147 Å². The maximum atomic E-state index is 11.5. The molecular formula is C12H21N3O9S. The molecule has 0 aromatic heterocycles. The number of aliphatic carboxylic acids is 1. The Balaban J connectivity index is 3.34. The third-order valence-corrected chi connectivity index (χ3v) is 3.81. The number of amides is 1. The van der Waals surface area contributed by atoms with Gasteiger partial charge >= 0.3 is 5.97 Å². The first kappa shape index (κ1) is 21.4. The summed E-state index contributed by atoms with van der Waals surface area (Å²) < 4.78 is 5.00. The number of aliphatic hydroxyl groups is 5. The van der Waals surface area contributed by atoms with E-state index in [4.69, 9.17) is 15.6 Å². The molecule has 1 aliphatic rings. The van der Waals surface area contributed by atoms with Gasteiger partial charge in [-0.15, -0.1) is 0 Å². The molecule has 1 amide bonds. The molecule has 0 aliphatic carbocycles. The molecule has 13 heteroatoms. The zero-order valence-corrected chi connectivity index (χ0v) is 13.9. The largest absolute Gasteiger partial charge is 0.477 e. The van der Waals surface area contributed by atoms with Gasteiger partial charge < -0.3 is 51.7 Å². The van der Waals surface area contributed by atoms with E-state index in [1.54, 1.807) is 0 Å². The van der Waals surface area contributed by atoms with E-state index in [9.17, 15) is 35.1 Å². The minimum Gasteiger partial charge on any atom is -0.477 e. The van der Waals surface area contributed by atoms with Gasteiger partial charge in [0, 0.05) is 6.92 Å². The number of hydrogen-bond donors (Lipinski definition) is 9. The number of carbonyl (C=O) groups is 2. The van der Waals surface area contributed by atoms with Crippen molar-refractivity contribution in [1.29, 1.82) is 0 Å². The van der Waals surface area contributed by atoms with Gasteiger partial charge in [-0.05, 0) is 12.2 Å². The highest BCUT2D eigenvalue weighted by molar-refractivity contribution is 7.80. The van der Waals surface area contributed by atoms with Gasteiger partial charge in [0.25, 0.3) is 5.79 Å². The molecule has 1 saturated heterocycles. The Morgan fingerprint density at radius 2 is 1.92 bits per heavy atom. The second-order valence-corrected chi connectivity index (χ2v) is 5.97. The lowest BCUT2D eigenvalue weighted by molar-refractivity contribution is -0.305. The molecule has 0 spiro atoms. The van der Waals surface area contributed by atoms with Crippen LogP contribution in [-0.4, -0.2) is 96.5 Å². The zero-order chi connectivity index (χ0) is 19.5. The molecule has 12 nitrogen and oxygen atoms in total. The van der Waals surface area contributed by atoms with E-state index < -0.39 is 65.9 Å². The summed E-state index contributed by atoms with van der Waals surface area (Å²) in [6.07, 6.45) is -7.39. The van der Waals surface area contributed by atoms with Crippen LogP contribution < -0.4 is 16.4 Å². The molecule has 0 radical (unpaired) electrons. The Hall–Kier alpha value is -1.61. The van der Waals surface area contributed by atoms with E-state index in [1.807, 2.05) is 0 Å². The van der Waals surface area contributed by atoms with Gasteiger partial charge in [-0.1, -0.05) is 0 Å². The lowest BCUT2D eigenvalue weighted by atomic mass is 9.85. The molecular weight excluding hydrogens is 362 g/mol. The predicted octanol–water partition coefficient (Wildman–Crippen LogP) is -5.06. The number of aliphatic hydroxyl groups excluding tert-OH is 4. The lowest BCUT2D eigenvalue weighted by Crippen LogP contribution is -2.77. The fourth-order valence-corrected chi connectivity index (χ4v) is 2.65. The predicted molar refractivity (Wildman–Crippen MR) is 83.9 cm³/mol. The maximum Gasteiger partial charge on any atom is 0.366 e. The van der Waals surface area contributed by atoms with E-state index in [0.29, 0.717) is 0 Å². The number of ether oxygens (including phenoxy) is 1. The van der Waals surface area contributed by atoms with Crippen LogP contribution in [0.2, 0.25) is 0 Å². The van der Waals surface area contributed by atoms with Gasteiger partial charge in [0.15, 0.2) is 5.11 Å². The summed E-state index contributed by atoms with van der Waals surface area (Å²) in [6, 6.07) is -3.28. The third-order valence-electron chi connectivity index (χ3n) is 3.69. The molecule has 0 aromatic rings. The van der Waals surface area contributed by atoms with Crippen molar-refractivity contribution in [3.05, 3.63) is 0 Å². The van der Waals surface area contributed by atoms with Crippen molar-refractivity contribution in [3.63, 3.8) is 0 Å². The molecule has 10 N–H and O–H groups in total. The number of carboxylic acid groups (broad SMARTS) is 1. The van der Waals surface area contributed by atoms with Crippen molar-refractivity contribution >= 4 is 29.2 Å². The van der Waals surface area contributed by atoms with Crippen LogP contribution >= 0.6 is 12.2 Å². The quantitative estimate of drug-likeness (QED) is 0.197. The molecule has 7 atom stereocenters. The standard InChI is InChI=1S/C12H21N3O9S/c1-3(17)14-5-7(20)9(15-11(13)25)12(23,10(21)22)24-8(5)6(19)4(18)2-16/h4-9,16,18-20,23H,2H2,1H3,(H,14,17)(H,21,22)(H3,13,15,25)/t4-,5-,6-,7-,8-,9?,12?/m1/s1. The van der Waals surface area contributed by atoms with Crippen LogP contribution in [0.4, 0.5) is 0 Å². The van der Waals surface area contributed by atoms with Crippen molar-refractivity contribution in [2.75, 3.05) is 6.61 Å². The van der Waals surface area contributed by atoms with E-state index >= 15 is 0 Å². The fraction of sp³-hybridized carbons (Fsp3) is 0.750. The maximum absolute atomic E-state index is 11.5. The van der Waals surface area contributed by atoms with Gasteiger partial charge in [0.2, 0.25) is 5.91 Å². The third kappa shape index (κ3) is 4.52. The first-order valence-electron chi connectivity index (χ1n) is 7.07. The Morgan fingerprint density at radius 3 is 2.32 bits per heavy atom. The van der Waals surface area contributed by atoms with E-state index in [2.05, 4.69) is 22.9 Å². The first-order valence-corrected chi connectivity index (χ1v) is 7.48. The number of nitrogens with two attached hydrogens (primary N) is 1. The van der Waals surface area contributed by atoms with Gasteiger partial charge in [0.1, 0.15) is 30.5 Å². The minimum atomic E-state index is -3.11. The van der Waals surface area contributed by atoms with E-state index in [-0.39, 0.29) is 0 Å². The summed E-state index contributed by atoms with van der Waals surface area (Å²) in [5.74, 6) is -5.74. The summed E-state index contributed by atoms with van der Waals surface area (Å²) >= 11 is 4.57. The summed E-state index contributed by atoms with van der Waals surface area (Å²) in [6.45, 7) is 0.149. The molecule has 0 saturated carbocycles. The van der Waals surface area contributed by atoms with Crippen LogP contribution in [0.15, 0.2) is 0 Å². The molecule has 144 valence electrons. The summed E-state index contributed by atoms with van der Waals surface area (Å²) in [5, 5.41) is 62.5. The lowest BCUT2D eigenvalue weighted by Gasteiger charge is -2.49. The van der Waals surface area contributed by atoms with Crippen molar-refractivity contribution in [3.8, 4) is 0 Å². The van der Waals surface area contributed by atoms with Crippen molar-refractivity contribution in [1.82, 2.24) is 10.6 Å². The van der Waals surface area contributed by atoms with Crippen molar-refractivity contribution in [2.45, 2.75) is 49.2 Å². The fourth-order valence-electron chi connectivity index (χ4n) is 2.52. The molecule has 0 bridgehead atoms. The van der Waals surface area contributed by atoms with E-state index in [0.717, 1.165) is 6.92 Å². The number of hydrogen-bond acceptors (Lipinski definition) is 9. The van der Waals surface area contributed by atoms with Crippen LogP contribution in [0.3, 0.4) is 0 Å². The van der Waals surface area contributed by atoms with Crippen LogP contribution in [0.5, 0.6) is 0 Å². The molecule has 0 aromatic carbocycles. The number of nitrogens with one attached hydrogen (secondary N) is 2. The van der Waals surface area contributed by atoms with Gasteiger partial charge in [-0.2, -0.15) is 0 Å². The Bertz CT molecular complexity index is 536. The molecule has 1 heterocycles. The molecule has 2 unspecified atom stereocenters. The minimum absolute atomic E-state index is 0.469. The summed E-state index contributed by atoms with van der Waals surface area (Å²) in [7, 11) is 0. The number of carbonyl (C=O) groups excluding carboxylic acids is 1. The average molecular weight is 383 g/mol. The van der Waals surface area contributed by atoms with Gasteiger partial charge in [0.05, 0.1) is 12.6 Å². The smallest absolute Gasteiger partial charge is 0.366 e. The number of rotatable bonds is 6. The molecule has 1 aliphatic heterocycles. The van der Waals surface area contributed by atoms with Crippen LogP contribution in [0.25, 0.3) is 0 Å². The monoisotopic (exact) mass is 383 g/mol. The topological polar surface area (TPSA) is 215 Å². The summed E-state index contributed by atoms with van der Waals surface area (Å²) in [4.78, 5) is 22.8. The van der Waals surface area contributed by atoms with Crippen molar-refractivity contribution in [2.24, 2.45) is 5.73 Å². The van der Waals surface area contributed by atoms with Crippen LogP contribution in [-0.2, 0) is 14.3 Å². The highest BCUT2D eigenvalue weighted by Gasteiger charge is 2.60. The van der Waals surface area contributed by atoms with Gasteiger partial charge in [-0.25, -0.2) is 4.79 Å². The van der Waals surface area contributed by atoms with Crippen molar-refractivity contribution < 1.29 is 45.0 Å². The Morgan fingerprint density at radius 1 is 1.36 bits per heavy atom. The van der Waals surface area contributed by atoms with Crippen LogP contribution in [0.1, 0.15) is 6.92 Å². The van der Waals surface area contributed by atoms with Gasteiger partial charge in [-0.3, -0.25) is 4.79 Å².